The van der Waals surface area contributed by atoms with Crippen molar-refractivity contribution in [3.63, 3.8) is 0 Å². The molecule has 0 spiro atoms. The van der Waals surface area contributed by atoms with E-state index in [1.165, 1.54) is 12.5 Å². The van der Waals surface area contributed by atoms with Gasteiger partial charge in [-0.05, 0) is 25.8 Å². The SMILES string of the molecule is CC(=CC(=O)O)CN1CCC(C)C1. The van der Waals surface area contributed by atoms with E-state index in [0.717, 1.165) is 31.1 Å². The van der Waals surface area contributed by atoms with Crippen molar-refractivity contribution >= 4 is 5.97 Å². The average molecular weight is 183 g/mol. The summed E-state index contributed by atoms with van der Waals surface area (Å²) in [5, 5.41) is 8.51. The van der Waals surface area contributed by atoms with Crippen molar-refractivity contribution in [1.82, 2.24) is 4.90 Å². The zero-order chi connectivity index (χ0) is 9.84. The van der Waals surface area contributed by atoms with Gasteiger partial charge in [-0.2, -0.15) is 0 Å². The van der Waals surface area contributed by atoms with Crippen molar-refractivity contribution in [2.75, 3.05) is 19.6 Å². The van der Waals surface area contributed by atoms with Gasteiger partial charge in [0, 0.05) is 19.2 Å². The van der Waals surface area contributed by atoms with E-state index >= 15 is 0 Å². The van der Waals surface area contributed by atoms with Crippen molar-refractivity contribution in [3.05, 3.63) is 11.6 Å². The lowest BCUT2D eigenvalue weighted by Gasteiger charge is -2.14. The molecule has 0 aliphatic carbocycles. The molecule has 1 N–H and O–H groups in total. The number of nitrogens with zero attached hydrogens (tertiary/aromatic N) is 1. The van der Waals surface area contributed by atoms with Crippen LogP contribution in [-0.2, 0) is 4.79 Å². The standard InChI is InChI=1S/C10H17NO2/c1-8-3-4-11(6-8)7-9(2)5-10(12)13/h5,8H,3-4,6-7H2,1-2H3,(H,12,13). The van der Waals surface area contributed by atoms with Gasteiger partial charge < -0.3 is 5.11 Å². The molecule has 0 radical (unpaired) electrons. The van der Waals surface area contributed by atoms with Crippen LogP contribution in [0.3, 0.4) is 0 Å². The van der Waals surface area contributed by atoms with Gasteiger partial charge in [-0.1, -0.05) is 12.5 Å². The second-order valence-corrected chi connectivity index (χ2v) is 3.96. The van der Waals surface area contributed by atoms with Crippen LogP contribution >= 0.6 is 0 Å². The Labute approximate surface area is 79.0 Å². The molecule has 13 heavy (non-hydrogen) atoms. The monoisotopic (exact) mass is 183 g/mol. The number of carbonyl (C=O) groups is 1. The first-order valence-corrected chi connectivity index (χ1v) is 4.70. The van der Waals surface area contributed by atoms with Crippen LogP contribution in [0.5, 0.6) is 0 Å². The first kappa shape index (κ1) is 10.3. The highest BCUT2D eigenvalue weighted by Gasteiger charge is 2.18. The Morgan fingerprint density at radius 3 is 2.85 bits per heavy atom. The van der Waals surface area contributed by atoms with E-state index in [1.807, 2.05) is 6.92 Å². The molecule has 1 saturated heterocycles. The third-order valence-electron chi connectivity index (χ3n) is 2.35. The second-order valence-electron chi connectivity index (χ2n) is 3.96. The van der Waals surface area contributed by atoms with Gasteiger partial charge in [0.2, 0.25) is 0 Å². The lowest BCUT2D eigenvalue weighted by Crippen LogP contribution is -2.22. The van der Waals surface area contributed by atoms with Crippen LogP contribution < -0.4 is 0 Å². The fraction of sp³-hybridized carbons (Fsp3) is 0.700. The third kappa shape index (κ3) is 3.59. The molecule has 3 heteroatoms. The molecule has 1 atom stereocenters. The molecular weight excluding hydrogens is 166 g/mol. The minimum atomic E-state index is -0.843. The Hall–Kier alpha value is -0.830. The molecule has 1 aliphatic heterocycles. The molecule has 0 aromatic rings. The lowest BCUT2D eigenvalue weighted by atomic mass is 10.2. The minimum absolute atomic E-state index is 0.762. The fourth-order valence-electron chi connectivity index (χ4n) is 1.78. The molecule has 0 aromatic carbocycles. The van der Waals surface area contributed by atoms with Gasteiger partial charge in [0.05, 0.1) is 0 Å². The summed E-state index contributed by atoms with van der Waals surface area (Å²) < 4.78 is 0. The molecule has 3 nitrogen and oxygen atoms in total. The predicted octanol–water partition coefficient (Wildman–Crippen LogP) is 1.36. The molecule has 0 saturated carbocycles. The van der Waals surface area contributed by atoms with Crippen LogP contribution in [0.25, 0.3) is 0 Å². The quantitative estimate of drug-likeness (QED) is 0.672. The van der Waals surface area contributed by atoms with Crippen LogP contribution in [0.4, 0.5) is 0 Å². The Morgan fingerprint density at radius 2 is 2.38 bits per heavy atom. The Kier molecular flexibility index (Phi) is 3.48. The first-order chi connectivity index (χ1) is 6.08. The van der Waals surface area contributed by atoms with E-state index in [1.54, 1.807) is 0 Å². The summed E-state index contributed by atoms with van der Waals surface area (Å²) in [6.45, 7) is 7.11. The van der Waals surface area contributed by atoms with Crippen molar-refractivity contribution in [2.45, 2.75) is 20.3 Å². The number of hydrogen-bond acceptors (Lipinski definition) is 2. The average Bonchev–Trinajstić information content (AvgIpc) is 2.33. The molecule has 1 rings (SSSR count). The van der Waals surface area contributed by atoms with Crippen LogP contribution in [0.2, 0.25) is 0 Å². The lowest BCUT2D eigenvalue weighted by molar-refractivity contribution is -0.131. The first-order valence-electron chi connectivity index (χ1n) is 4.70. The van der Waals surface area contributed by atoms with Gasteiger partial charge in [-0.25, -0.2) is 4.79 Å². The molecule has 1 aliphatic rings. The third-order valence-corrected chi connectivity index (χ3v) is 2.35. The van der Waals surface area contributed by atoms with Crippen LogP contribution in [0.15, 0.2) is 11.6 Å². The number of carboxylic acids is 1. The van der Waals surface area contributed by atoms with Crippen molar-refractivity contribution in [1.29, 1.82) is 0 Å². The van der Waals surface area contributed by atoms with Gasteiger partial charge in [0.15, 0.2) is 0 Å². The van der Waals surface area contributed by atoms with Crippen LogP contribution in [0.1, 0.15) is 20.3 Å². The molecule has 1 fully saturated rings. The normalized spacial score (nSPS) is 25.1. The highest BCUT2D eigenvalue weighted by molar-refractivity contribution is 5.80. The maximum absolute atomic E-state index is 10.4. The molecule has 0 bridgehead atoms. The Bertz CT molecular complexity index is 223. The van der Waals surface area contributed by atoms with Gasteiger partial charge >= 0.3 is 5.97 Å². The molecule has 0 amide bonds. The summed E-state index contributed by atoms with van der Waals surface area (Å²) in [6, 6.07) is 0. The molecule has 1 unspecified atom stereocenters. The molecule has 74 valence electrons. The number of hydrogen-bond donors (Lipinski definition) is 1. The number of carboxylic acid groups (broad SMARTS) is 1. The van der Waals surface area contributed by atoms with Crippen LogP contribution in [0, 0.1) is 5.92 Å². The molecular formula is C10H17NO2. The summed E-state index contributed by atoms with van der Waals surface area (Å²) in [5.41, 5.74) is 0.932. The predicted molar refractivity (Wildman–Crippen MR) is 51.6 cm³/mol. The Balaban J connectivity index is 2.36. The van der Waals surface area contributed by atoms with Crippen LogP contribution in [-0.4, -0.2) is 35.6 Å². The second kappa shape index (κ2) is 4.42. The summed E-state index contributed by atoms with van der Waals surface area (Å²) in [4.78, 5) is 12.7. The van der Waals surface area contributed by atoms with E-state index in [0.29, 0.717) is 0 Å². The van der Waals surface area contributed by atoms with E-state index in [4.69, 9.17) is 5.11 Å². The van der Waals surface area contributed by atoms with Crippen molar-refractivity contribution < 1.29 is 9.90 Å². The van der Waals surface area contributed by atoms with Gasteiger partial charge in [-0.15, -0.1) is 0 Å². The maximum atomic E-state index is 10.4. The summed E-state index contributed by atoms with van der Waals surface area (Å²) >= 11 is 0. The minimum Gasteiger partial charge on any atom is -0.478 e. The van der Waals surface area contributed by atoms with E-state index < -0.39 is 5.97 Å². The largest absolute Gasteiger partial charge is 0.478 e. The van der Waals surface area contributed by atoms with Crippen molar-refractivity contribution in [2.24, 2.45) is 5.92 Å². The topological polar surface area (TPSA) is 40.5 Å². The number of aliphatic carboxylic acids is 1. The number of likely N-dealkylation sites (tertiary alicyclic amines) is 1. The van der Waals surface area contributed by atoms with Gasteiger partial charge in [0.1, 0.15) is 0 Å². The van der Waals surface area contributed by atoms with E-state index in [9.17, 15) is 4.79 Å². The molecule has 1 heterocycles. The molecule has 0 aromatic heterocycles. The smallest absolute Gasteiger partial charge is 0.328 e. The highest BCUT2D eigenvalue weighted by atomic mass is 16.4. The van der Waals surface area contributed by atoms with Gasteiger partial charge in [-0.3, -0.25) is 4.90 Å². The summed E-state index contributed by atoms with van der Waals surface area (Å²) in [6.07, 6.45) is 2.53. The number of rotatable bonds is 3. The maximum Gasteiger partial charge on any atom is 0.328 e. The fourth-order valence-corrected chi connectivity index (χ4v) is 1.78. The summed E-state index contributed by atoms with van der Waals surface area (Å²) in [7, 11) is 0. The van der Waals surface area contributed by atoms with Gasteiger partial charge in [0.25, 0.3) is 0 Å². The zero-order valence-corrected chi connectivity index (χ0v) is 8.29. The summed E-state index contributed by atoms with van der Waals surface area (Å²) in [5.74, 6) is -0.0811. The zero-order valence-electron chi connectivity index (χ0n) is 8.29. The highest BCUT2D eigenvalue weighted by Crippen LogP contribution is 2.15. The van der Waals surface area contributed by atoms with E-state index in [-0.39, 0.29) is 0 Å². The van der Waals surface area contributed by atoms with Crippen molar-refractivity contribution in [3.8, 4) is 0 Å². The Morgan fingerprint density at radius 1 is 1.69 bits per heavy atom. The van der Waals surface area contributed by atoms with E-state index in [2.05, 4.69) is 11.8 Å².